The average Bonchev–Trinajstić information content (AvgIpc) is 2.74. The Labute approximate surface area is 190 Å². The van der Waals surface area contributed by atoms with Gasteiger partial charge in [-0.3, -0.25) is 13.9 Å². The van der Waals surface area contributed by atoms with Gasteiger partial charge >= 0.3 is 0 Å². The van der Waals surface area contributed by atoms with Crippen LogP contribution in [0.1, 0.15) is 23.6 Å². The molecule has 2 aromatic carbocycles. The number of methoxy groups -OCH3 is 1. The minimum absolute atomic E-state index is 0.120. The second-order valence-electron chi connectivity index (χ2n) is 7.72. The highest BCUT2D eigenvalue weighted by Gasteiger charge is 2.30. The molecule has 0 aromatic heterocycles. The van der Waals surface area contributed by atoms with Crippen molar-refractivity contribution in [1.29, 1.82) is 0 Å². The van der Waals surface area contributed by atoms with Crippen molar-refractivity contribution in [3.8, 4) is 5.75 Å². The molecule has 2 amide bonds. The number of anilines is 1. The lowest BCUT2D eigenvalue weighted by molar-refractivity contribution is -0.139. The van der Waals surface area contributed by atoms with Crippen LogP contribution in [-0.2, 0) is 26.2 Å². The highest BCUT2D eigenvalue weighted by Crippen LogP contribution is 2.24. The summed E-state index contributed by atoms with van der Waals surface area (Å²) in [6, 6.07) is 11.7. The van der Waals surface area contributed by atoms with Crippen LogP contribution in [0.4, 0.5) is 5.69 Å². The molecule has 174 valence electrons. The molecule has 1 N–H and O–H groups in total. The molecule has 0 aliphatic heterocycles. The summed E-state index contributed by atoms with van der Waals surface area (Å²) in [5, 5.41) is 2.55. The fourth-order valence-electron chi connectivity index (χ4n) is 3.44. The Bertz CT molecular complexity index is 1080. The van der Waals surface area contributed by atoms with Gasteiger partial charge in [0.1, 0.15) is 18.3 Å². The van der Waals surface area contributed by atoms with E-state index in [0.717, 1.165) is 27.3 Å². The van der Waals surface area contributed by atoms with Crippen LogP contribution in [0.25, 0.3) is 0 Å². The van der Waals surface area contributed by atoms with Gasteiger partial charge in [-0.25, -0.2) is 8.42 Å². The first-order valence-electron chi connectivity index (χ1n) is 10.2. The van der Waals surface area contributed by atoms with Crippen molar-refractivity contribution in [3.63, 3.8) is 0 Å². The molecule has 0 aliphatic carbocycles. The predicted molar refractivity (Wildman–Crippen MR) is 125 cm³/mol. The normalized spacial score (nSPS) is 12.1. The van der Waals surface area contributed by atoms with Gasteiger partial charge in [0.25, 0.3) is 0 Å². The molecule has 0 heterocycles. The van der Waals surface area contributed by atoms with Crippen LogP contribution in [0.15, 0.2) is 42.5 Å². The molecule has 0 aliphatic rings. The number of carbonyl (C=O) groups is 2. The van der Waals surface area contributed by atoms with E-state index in [-0.39, 0.29) is 12.5 Å². The van der Waals surface area contributed by atoms with E-state index in [2.05, 4.69) is 5.32 Å². The lowest BCUT2D eigenvalue weighted by Crippen LogP contribution is -2.50. The SMILES string of the molecule is CNC(=O)[C@@H](C)N(Cc1cccc(OC)c1)C(=O)CN(c1ccc(C)cc1C)S(C)(=O)=O. The molecule has 1 atom stereocenters. The van der Waals surface area contributed by atoms with E-state index >= 15 is 0 Å². The maximum Gasteiger partial charge on any atom is 0.244 e. The summed E-state index contributed by atoms with van der Waals surface area (Å²) >= 11 is 0. The molecule has 32 heavy (non-hydrogen) atoms. The van der Waals surface area contributed by atoms with Gasteiger partial charge in [-0.15, -0.1) is 0 Å². The number of nitrogens with one attached hydrogen (secondary N) is 1. The number of sulfonamides is 1. The highest BCUT2D eigenvalue weighted by atomic mass is 32.2. The minimum Gasteiger partial charge on any atom is -0.497 e. The lowest BCUT2D eigenvalue weighted by atomic mass is 10.1. The monoisotopic (exact) mass is 461 g/mol. The van der Waals surface area contributed by atoms with E-state index in [1.807, 2.05) is 19.1 Å². The zero-order valence-electron chi connectivity index (χ0n) is 19.4. The van der Waals surface area contributed by atoms with Gasteiger partial charge in [-0.2, -0.15) is 0 Å². The Morgan fingerprint density at radius 3 is 2.38 bits per heavy atom. The number of aryl methyl sites for hydroxylation is 2. The summed E-state index contributed by atoms with van der Waals surface area (Å²) in [5.41, 5.74) is 2.91. The first-order chi connectivity index (χ1) is 15.0. The van der Waals surface area contributed by atoms with Gasteiger partial charge in [0.15, 0.2) is 0 Å². The van der Waals surface area contributed by atoms with Crippen LogP contribution in [-0.4, -0.2) is 58.1 Å². The van der Waals surface area contributed by atoms with Gasteiger partial charge in [0, 0.05) is 13.6 Å². The fourth-order valence-corrected chi connectivity index (χ4v) is 4.35. The van der Waals surface area contributed by atoms with Crippen LogP contribution in [0.2, 0.25) is 0 Å². The summed E-state index contributed by atoms with van der Waals surface area (Å²) in [4.78, 5) is 27.1. The zero-order valence-corrected chi connectivity index (χ0v) is 20.2. The Kier molecular flexibility index (Phi) is 8.26. The van der Waals surface area contributed by atoms with Crippen molar-refractivity contribution < 1.29 is 22.7 Å². The first-order valence-corrected chi connectivity index (χ1v) is 12.0. The van der Waals surface area contributed by atoms with Gasteiger partial charge in [0.05, 0.1) is 19.1 Å². The molecule has 8 nitrogen and oxygen atoms in total. The third kappa shape index (κ3) is 6.23. The van der Waals surface area contributed by atoms with Gasteiger partial charge in [-0.1, -0.05) is 29.8 Å². The summed E-state index contributed by atoms with van der Waals surface area (Å²) in [6.45, 7) is 5.02. The predicted octanol–water partition coefficient (Wildman–Crippen LogP) is 2.24. The van der Waals surface area contributed by atoms with Crippen molar-refractivity contribution in [2.75, 3.05) is 31.3 Å². The van der Waals surface area contributed by atoms with E-state index in [1.54, 1.807) is 51.3 Å². The Hall–Kier alpha value is -3.07. The Morgan fingerprint density at radius 1 is 1.12 bits per heavy atom. The molecule has 0 saturated carbocycles. The second-order valence-corrected chi connectivity index (χ2v) is 9.63. The van der Waals surface area contributed by atoms with Crippen molar-refractivity contribution in [2.45, 2.75) is 33.4 Å². The van der Waals surface area contributed by atoms with E-state index in [4.69, 9.17) is 4.74 Å². The summed E-state index contributed by atoms with van der Waals surface area (Å²) in [6.07, 6.45) is 1.06. The quantitative estimate of drug-likeness (QED) is 0.618. The van der Waals surface area contributed by atoms with E-state index in [0.29, 0.717) is 11.4 Å². The third-order valence-electron chi connectivity index (χ3n) is 5.20. The molecule has 0 bridgehead atoms. The Morgan fingerprint density at radius 2 is 1.81 bits per heavy atom. The molecule has 2 rings (SSSR count). The molecule has 9 heteroatoms. The molecule has 0 fully saturated rings. The molecule has 2 aromatic rings. The topological polar surface area (TPSA) is 96.0 Å². The molecule has 0 saturated heterocycles. The third-order valence-corrected chi connectivity index (χ3v) is 6.33. The largest absolute Gasteiger partial charge is 0.497 e. The van der Waals surface area contributed by atoms with Gasteiger partial charge in [-0.05, 0) is 50.1 Å². The van der Waals surface area contributed by atoms with Crippen LogP contribution in [0, 0.1) is 13.8 Å². The number of likely N-dealkylation sites (N-methyl/N-ethyl adjacent to an activating group) is 1. The number of nitrogens with zero attached hydrogens (tertiary/aromatic N) is 2. The van der Waals surface area contributed by atoms with Crippen molar-refractivity contribution in [2.24, 2.45) is 0 Å². The average molecular weight is 462 g/mol. The van der Waals surface area contributed by atoms with Crippen LogP contribution in [0.3, 0.4) is 0 Å². The number of benzene rings is 2. The number of hydrogen-bond donors (Lipinski definition) is 1. The first kappa shape index (κ1) is 25.2. The minimum atomic E-state index is -3.75. The smallest absolute Gasteiger partial charge is 0.244 e. The summed E-state index contributed by atoms with van der Waals surface area (Å²) in [5.74, 6) is -0.219. The number of rotatable bonds is 9. The van der Waals surface area contributed by atoms with E-state index in [9.17, 15) is 18.0 Å². The molecule has 0 radical (unpaired) electrons. The number of amides is 2. The van der Waals surface area contributed by atoms with E-state index < -0.39 is 28.5 Å². The van der Waals surface area contributed by atoms with Crippen LogP contribution >= 0.6 is 0 Å². The number of ether oxygens (including phenoxy) is 1. The van der Waals surface area contributed by atoms with Crippen molar-refractivity contribution in [1.82, 2.24) is 10.2 Å². The van der Waals surface area contributed by atoms with Crippen molar-refractivity contribution in [3.05, 3.63) is 59.2 Å². The van der Waals surface area contributed by atoms with Gasteiger partial charge < -0.3 is 15.0 Å². The fraction of sp³-hybridized carbons (Fsp3) is 0.391. The van der Waals surface area contributed by atoms with Crippen LogP contribution < -0.4 is 14.4 Å². The number of hydrogen-bond acceptors (Lipinski definition) is 5. The molecular formula is C23H31N3O5S. The maximum absolute atomic E-state index is 13.4. The number of carbonyl (C=O) groups excluding carboxylic acids is 2. The van der Waals surface area contributed by atoms with Gasteiger partial charge in [0.2, 0.25) is 21.8 Å². The zero-order chi connectivity index (χ0) is 24.1. The Balaban J connectivity index is 2.42. The summed E-state index contributed by atoms with van der Waals surface area (Å²) in [7, 11) is -0.715. The maximum atomic E-state index is 13.4. The standard InChI is InChI=1S/C23H31N3O5S/c1-16-10-11-21(17(2)12-16)26(32(6,29)30)15-22(27)25(18(3)23(28)24-4)14-19-8-7-9-20(13-19)31-5/h7-13,18H,14-15H2,1-6H3,(H,24,28)/t18-/m1/s1. The van der Waals surface area contributed by atoms with Crippen molar-refractivity contribution >= 4 is 27.5 Å². The molecule has 0 spiro atoms. The second kappa shape index (κ2) is 10.5. The van der Waals surface area contributed by atoms with Crippen LogP contribution in [0.5, 0.6) is 5.75 Å². The highest BCUT2D eigenvalue weighted by molar-refractivity contribution is 7.92. The lowest BCUT2D eigenvalue weighted by Gasteiger charge is -2.31. The van der Waals surface area contributed by atoms with E-state index in [1.165, 1.54) is 11.9 Å². The molecule has 0 unspecified atom stereocenters. The molecular weight excluding hydrogens is 430 g/mol. The summed E-state index contributed by atoms with van der Waals surface area (Å²) < 4.78 is 31.5.